The summed E-state index contributed by atoms with van der Waals surface area (Å²) in [7, 11) is 0. The summed E-state index contributed by atoms with van der Waals surface area (Å²) in [5.74, 6) is -0.450. The molecule has 0 amide bonds. The Morgan fingerprint density at radius 2 is 2.11 bits per heavy atom. The lowest BCUT2D eigenvalue weighted by Gasteiger charge is -2.35. The molecule has 0 aromatic heterocycles. The molecule has 2 N–H and O–H groups in total. The van der Waals surface area contributed by atoms with Crippen molar-refractivity contribution >= 4 is 6.02 Å². The second-order valence-corrected chi connectivity index (χ2v) is 5.37. The van der Waals surface area contributed by atoms with E-state index >= 15 is 0 Å². The summed E-state index contributed by atoms with van der Waals surface area (Å²) in [4.78, 5) is 6.33. The predicted octanol–water partition coefficient (Wildman–Crippen LogP) is -0.0832. The average molecular weight is 258 g/mol. The SMILES string of the molecule is OC[C@H]1C[C@@H]2OC(N3CCCC3)=N[C@@H]2[C@H](F)[C@@H]1O. The number of alkyl halides is 1. The molecule has 5 nitrogen and oxygen atoms in total. The number of fused-ring (bicyclic) bond motifs is 1. The molecule has 5 atom stereocenters. The van der Waals surface area contributed by atoms with Crippen molar-refractivity contribution in [3.8, 4) is 0 Å². The molecule has 6 heteroatoms. The van der Waals surface area contributed by atoms with E-state index < -0.39 is 24.2 Å². The number of ether oxygens (including phenoxy) is 1. The number of rotatable bonds is 1. The van der Waals surface area contributed by atoms with Crippen molar-refractivity contribution in [2.24, 2.45) is 10.9 Å². The smallest absolute Gasteiger partial charge is 0.288 e. The fourth-order valence-electron chi connectivity index (χ4n) is 3.06. The molecule has 2 fully saturated rings. The third kappa shape index (κ3) is 1.87. The van der Waals surface area contributed by atoms with Crippen LogP contribution >= 0.6 is 0 Å². The molecule has 1 aliphatic carbocycles. The molecular weight excluding hydrogens is 239 g/mol. The van der Waals surface area contributed by atoms with Gasteiger partial charge < -0.3 is 19.8 Å². The minimum Gasteiger partial charge on any atom is -0.459 e. The summed E-state index contributed by atoms with van der Waals surface area (Å²) < 4.78 is 19.8. The number of aliphatic imine (C=N–C) groups is 1. The van der Waals surface area contributed by atoms with Crippen LogP contribution in [0.3, 0.4) is 0 Å². The van der Waals surface area contributed by atoms with Gasteiger partial charge in [-0.1, -0.05) is 0 Å². The molecule has 1 saturated heterocycles. The molecular formula is C12H19FN2O3. The Labute approximate surface area is 105 Å². The highest BCUT2D eigenvalue weighted by molar-refractivity contribution is 5.76. The Morgan fingerprint density at radius 3 is 2.78 bits per heavy atom. The maximum absolute atomic E-state index is 14.1. The zero-order chi connectivity index (χ0) is 12.7. The molecule has 0 spiro atoms. The maximum Gasteiger partial charge on any atom is 0.288 e. The molecule has 0 aromatic rings. The van der Waals surface area contributed by atoms with Crippen LogP contribution in [0.15, 0.2) is 4.99 Å². The first-order valence-electron chi connectivity index (χ1n) is 6.63. The van der Waals surface area contributed by atoms with E-state index in [2.05, 4.69) is 4.99 Å². The summed E-state index contributed by atoms with van der Waals surface area (Å²) >= 11 is 0. The molecule has 3 rings (SSSR count). The largest absolute Gasteiger partial charge is 0.459 e. The van der Waals surface area contributed by atoms with Crippen molar-refractivity contribution < 1.29 is 19.3 Å². The van der Waals surface area contributed by atoms with Crippen LogP contribution < -0.4 is 0 Å². The molecule has 0 bridgehead atoms. The van der Waals surface area contributed by atoms with Gasteiger partial charge in [0, 0.05) is 25.6 Å². The van der Waals surface area contributed by atoms with Gasteiger partial charge in [-0.3, -0.25) is 0 Å². The lowest BCUT2D eigenvalue weighted by Crippen LogP contribution is -2.50. The van der Waals surface area contributed by atoms with Crippen molar-refractivity contribution in [3.05, 3.63) is 0 Å². The number of hydrogen-bond acceptors (Lipinski definition) is 5. The summed E-state index contributed by atoms with van der Waals surface area (Å²) in [5.41, 5.74) is 0. The minimum atomic E-state index is -1.44. The molecule has 102 valence electrons. The quantitative estimate of drug-likeness (QED) is 0.690. The Balaban J connectivity index is 1.74. The van der Waals surface area contributed by atoms with E-state index in [1.54, 1.807) is 0 Å². The van der Waals surface area contributed by atoms with Gasteiger partial charge in [-0.2, -0.15) is 0 Å². The molecule has 1 saturated carbocycles. The standard InChI is InChI=1S/C12H19FN2O3/c13-9-10-8(5-7(6-16)11(9)17)18-12(14-10)15-3-1-2-4-15/h7-11,16-17H,1-6H2/t7-,8+,9+,10+,11-/m1/s1. The van der Waals surface area contributed by atoms with Gasteiger partial charge in [-0.15, -0.1) is 0 Å². The lowest BCUT2D eigenvalue weighted by molar-refractivity contribution is -0.0641. The molecule has 0 unspecified atom stereocenters. The van der Waals surface area contributed by atoms with Crippen molar-refractivity contribution in [3.63, 3.8) is 0 Å². The topological polar surface area (TPSA) is 65.3 Å². The molecule has 2 aliphatic heterocycles. The van der Waals surface area contributed by atoms with Crippen LogP contribution in [0.5, 0.6) is 0 Å². The monoisotopic (exact) mass is 258 g/mol. The van der Waals surface area contributed by atoms with Gasteiger partial charge in [0.1, 0.15) is 12.1 Å². The second-order valence-electron chi connectivity index (χ2n) is 5.37. The predicted molar refractivity (Wildman–Crippen MR) is 63.0 cm³/mol. The van der Waals surface area contributed by atoms with E-state index in [1.165, 1.54) is 0 Å². The summed E-state index contributed by atoms with van der Waals surface area (Å²) in [5, 5.41) is 18.9. The van der Waals surface area contributed by atoms with Crippen molar-refractivity contribution in [2.45, 2.75) is 43.7 Å². The van der Waals surface area contributed by atoms with E-state index in [9.17, 15) is 9.50 Å². The first kappa shape index (κ1) is 12.2. The molecule has 0 radical (unpaired) electrons. The second kappa shape index (κ2) is 4.66. The van der Waals surface area contributed by atoms with Gasteiger partial charge in [0.2, 0.25) is 0 Å². The van der Waals surface area contributed by atoms with Gasteiger partial charge in [-0.05, 0) is 19.3 Å². The zero-order valence-corrected chi connectivity index (χ0v) is 10.2. The number of aliphatic hydroxyl groups excluding tert-OH is 2. The highest BCUT2D eigenvalue weighted by Crippen LogP contribution is 2.35. The number of nitrogens with zero attached hydrogens (tertiary/aromatic N) is 2. The van der Waals surface area contributed by atoms with Gasteiger partial charge in [0.15, 0.2) is 6.17 Å². The van der Waals surface area contributed by atoms with Crippen molar-refractivity contribution in [1.82, 2.24) is 4.90 Å². The van der Waals surface area contributed by atoms with Crippen LogP contribution in [0.2, 0.25) is 0 Å². The number of aliphatic hydroxyl groups is 2. The van der Waals surface area contributed by atoms with Crippen LogP contribution in [0.25, 0.3) is 0 Å². The third-order valence-corrected chi connectivity index (χ3v) is 4.18. The Bertz CT molecular complexity index is 346. The van der Waals surface area contributed by atoms with Crippen molar-refractivity contribution in [2.75, 3.05) is 19.7 Å². The van der Waals surface area contributed by atoms with E-state index in [1.807, 2.05) is 4.90 Å². The first-order valence-corrected chi connectivity index (χ1v) is 6.63. The van der Waals surface area contributed by atoms with Crippen LogP contribution in [0.1, 0.15) is 19.3 Å². The number of amidine groups is 1. The summed E-state index contributed by atoms with van der Waals surface area (Å²) in [6, 6.07) is -0.0886. The minimum absolute atomic E-state index is 0.215. The third-order valence-electron chi connectivity index (χ3n) is 4.18. The Hall–Kier alpha value is -0.880. The molecule has 0 aromatic carbocycles. The lowest BCUT2D eigenvalue weighted by atomic mass is 9.81. The average Bonchev–Trinajstić information content (AvgIpc) is 3.01. The van der Waals surface area contributed by atoms with E-state index in [-0.39, 0.29) is 12.7 Å². The molecule has 18 heavy (non-hydrogen) atoms. The highest BCUT2D eigenvalue weighted by Gasteiger charge is 2.49. The van der Waals surface area contributed by atoms with E-state index in [4.69, 9.17) is 9.84 Å². The van der Waals surface area contributed by atoms with Crippen LogP contribution in [0.4, 0.5) is 4.39 Å². The van der Waals surface area contributed by atoms with Gasteiger partial charge in [0.25, 0.3) is 6.02 Å². The molecule has 3 aliphatic rings. The number of hydrogen-bond donors (Lipinski definition) is 2. The molecule has 2 heterocycles. The van der Waals surface area contributed by atoms with Gasteiger partial charge in [-0.25, -0.2) is 9.38 Å². The first-order chi connectivity index (χ1) is 8.70. The van der Waals surface area contributed by atoms with Gasteiger partial charge in [0.05, 0.1) is 6.10 Å². The summed E-state index contributed by atoms with van der Waals surface area (Å²) in [6.07, 6.45) is -0.236. The maximum atomic E-state index is 14.1. The summed E-state index contributed by atoms with van der Waals surface area (Å²) in [6.45, 7) is 1.59. The van der Waals surface area contributed by atoms with Crippen molar-refractivity contribution in [1.29, 1.82) is 0 Å². The van der Waals surface area contributed by atoms with Crippen LogP contribution in [0, 0.1) is 5.92 Å². The number of likely N-dealkylation sites (tertiary alicyclic amines) is 1. The van der Waals surface area contributed by atoms with Crippen LogP contribution in [-0.4, -0.2) is 65.3 Å². The van der Waals surface area contributed by atoms with Gasteiger partial charge >= 0.3 is 0 Å². The normalized spacial score (nSPS) is 43.6. The fraction of sp³-hybridized carbons (Fsp3) is 0.917. The van der Waals surface area contributed by atoms with E-state index in [0.29, 0.717) is 12.4 Å². The Morgan fingerprint density at radius 1 is 1.39 bits per heavy atom. The highest BCUT2D eigenvalue weighted by atomic mass is 19.1. The fourth-order valence-corrected chi connectivity index (χ4v) is 3.06. The van der Waals surface area contributed by atoms with Crippen LogP contribution in [-0.2, 0) is 4.74 Å². The van der Waals surface area contributed by atoms with E-state index in [0.717, 1.165) is 25.9 Å². The Kier molecular flexibility index (Phi) is 3.15. The number of halogens is 1. The zero-order valence-electron chi connectivity index (χ0n) is 10.2.